The summed E-state index contributed by atoms with van der Waals surface area (Å²) in [5.41, 5.74) is 1.03. The van der Waals surface area contributed by atoms with Crippen LogP contribution in [0.4, 0.5) is 0 Å². The van der Waals surface area contributed by atoms with Crippen molar-refractivity contribution < 1.29 is 14.7 Å². The molecule has 4 unspecified atom stereocenters. The Labute approximate surface area is 130 Å². The van der Waals surface area contributed by atoms with Crippen LogP contribution in [0.15, 0.2) is 30.3 Å². The van der Waals surface area contributed by atoms with Crippen LogP contribution in [0.5, 0.6) is 0 Å². The van der Waals surface area contributed by atoms with Crippen molar-refractivity contribution in [1.82, 2.24) is 4.90 Å². The Hall–Kier alpha value is -1.84. The highest BCUT2D eigenvalue weighted by atomic mass is 16.4. The van der Waals surface area contributed by atoms with Crippen LogP contribution in [0, 0.1) is 23.7 Å². The molecule has 4 nitrogen and oxygen atoms in total. The Balaban J connectivity index is 1.49. The highest BCUT2D eigenvalue weighted by Gasteiger charge is 2.53. The van der Waals surface area contributed by atoms with Gasteiger partial charge < -0.3 is 10.0 Å². The lowest BCUT2D eigenvalue weighted by Crippen LogP contribution is -2.31. The summed E-state index contributed by atoms with van der Waals surface area (Å²) >= 11 is 0. The van der Waals surface area contributed by atoms with E-state index in [1.54, 1.807) is 0 Å². The summed E-state index contributed by atoms with van der Waals surface area (Å²) in [4.78, 5) is 26.0. The molecule has 3 fully saturated rings. The van der Waals surface area contributed by atoms with Gasteiger partial charge in [0, 0.05) is 24.9 Å². The third-order valence-corrected chi connectivity index (χ3v) is 5.56. The third kappa shape index (κ3) is 2.40. The van der Waals surface area contributed by atoms with Gasteiger partial charge in [0.2, 0.25) is 5.91 Å². The Kier molecular flexibility index (Phi) is 3.21. The molecule has 4 rings (SSSR count). The maximum absolute atomic E-state index is 12.6. The van der Waals surface area contributed by atoms with Crippen molar-refractivity contribution >= 4 is 11.9 Å². The molecule has 4 heteroatoms. The minimum atomic E-state index is -0.793. The Morgan fingerprint density at radius 1 is 1.05 bits per heavy atom. The first-order valence-corrected chi connectivity index (χ1v) is 8.21. The van der Waals surface area contributed by atoms with Gasteiger partial charge in [-0.3, -0.25) is 9.59 Å². The summed E-state index contributed by atoms with van der Waals surface area (Å²) in [6, 6.07) is 9.74. The number of aliphatic carboxylic acids is 1. The molecule has 0 aromatic heterocycles. The molecule has 1 aromatic carbocycles. The molecule has 0 bridgehead atoms. The third-order valence-electron chi connectivity index (χ3n) is 5.56. The quantitative estimate of drug-likeness (QED) is 0.928. The van der Waals surface area contributed by atoms with Gasteiger partial charge in [-0.05, 0) is 36.7 Å². The summed E-state index contributed by atoms with van der Waals surface area (Å²) in [7, 11) is 0. The highest BCUT2D eigenvalue weighted by Crippen LogP contribution is 2.55. The molecule has 1 aromatic rings. The Morgan fingerprint density at radius 2 is 1.77 bits per heavy atom. The van der Waals surface area contributed by atoms with Gasteiger partial charge in [-0.2, -0.15) is 0 Å². The van der Waals surface area contributed by atoms with Gasteiger partial charge in [-0.1, -0.05) is 30.3 Å². The second kappa shape index (κ2) is 5.11. The fraction of sp³-hybridized carbons (Fsp3) is 0.556. The van der Waals surface area contributed by atoms with E-state index in [1.807, 2.05) is 35.2 Å². The monoisotopic (exact) mass is 299 g/mol. The summed E-state index contributed by atoms with van der Waals surface area (Å²) in [5.74, 6) is 0.380. The summed E-state index contributed by atoms with van der Waals surface area (Å²) in [5, 5.41) is 9.51. The van der Waals surface area contributed by atoms with Crippen LogP contribution in [0.3, 0.4) is 0 Å². The maximum Gasteiger partial charge on any atom is 0.308 e. The number of benzene rings is 1. The molecule has 1 aliphatic heterocycles. The SMILES string of the molecule is O=C(O)C1CN(C(=O)C2CC2C2CC2)CC1c1ccccc1. The van der Waals surface area contributed by atoms with Gasteiger partial charge in [0.05, 0.1) is 5.92 Å². The van der Waals surface area contributed by atoms with E-state index >= 15 is 0 Å². The van der Waals surface area contributed by atoms with Crippen molar-refractivity contribution in [3.05, 3.63) is 35.9 Å². The molecule has 2 saturated carbocycles. The minimum Gasteiger partial charge on any atom is -0.481 e. The van der Waals surface area contributed by atoms with E-state index in [-0.39, 0.29) is 17.7 Å². The molecule has 0 radical (unpaired) electrons. The van der Waals surface area contributed by atoms with Crippen LogP contribution in [0.25, 0.3) is 0 Å². The fourth-order valence-electron chi connectivity index (χ4n) is 4.05. The number of carbonyl (C=O) groups excluding carboxylic acids is 1. The molecule has 1 saturated heterocycles. The number of likely N-dealkylation sites (tertiary alicyclic amines) is 1. The van der Waals surface area contributed by atoms with E-state index in [0.29, 0.717) is 19.0 Å². The van der Waals surface area contributed by atoms with Gasteiger partial charge in [-0.15, -0.1) is 0 Å². The van der Waals surface area contributed by atoms with Gasteiger partial charge in [0.25, 0.3) is 0 Å². The molecule has 22 heavy (non-hydrogen) atoms. The lowest BCUT2D eigenvalue weighted by Gasteiger charge is -2.16. The lowest BCUT2D eigenvalue weighted by atomic mass is 9.89. The van der Waals surface area contributed by atoms with E-state index in [9.17, 15) is 14.7 Å². The molecule has 1 amide bonds. The second-order valence-corrected chi connectivity index (χ2v) is 7.05. The average Bonchev–Trinajstić information content (AvgIpc) is 3.42. The van der Waals surface area contributed by atoms with Crippen LogP contribution in [-0.4, -0.2) is 35.0 Å². The zero-order valence-corrected chi connectivity index (χ0v) is 12.5. The normalized spacial score (nSPS) is 33.7. The predicted octanol–water partition coefficient (Wildman–Crippen LogP) is 2.36. The van der Waals surface area contributed by atoms with Crippen LogP contribution in [-0.2, 0) is 9.59 Å². The van der Waals surface area contributed by atoms with Gasteiger partial charge >= 0.3 is 5.97 Å². The number of hydrogen-bond acceptors (Lipinski definition) is 2. The molecule has 3 aliphatic rings. The van der Waals surface area contributed by atoms with E-state index in [0.717, 1.165) is 17.9 Å². The number of amides is 1. The predicted molar refractivity (Wildman–Crippen MR) is 81.2 cm³/mol. The van der Waals surface area contributed by atoms with E-state index in [1.165, 1.54) is 12.8 Å². The van der Waals surface area contributed by atoms with Crippen molar-refractivity contribution in [1.29, 1.82) is 0 Å². The van der Waals surface area contributed by atoms with Crippen molar-refractivity contribution in [3.8, 4) is 0 Å². The topological polar surface area (TPSA) is 57.6 Å². The largest absolute Gasteiger partial charge is 0.481 e. The standard InChI is InChI=1S/C18H21NO3/c20-17(14-8-13(14)12-6-7-12)19-9-15(16(10-19)18(21)22)11-4-2-1-3-5-11/h1-5,12-16H,6-10H2,(H,21,22). The first-order valence-electron chi connectivity index (χ1n) is 8.21. The molecule has 1 N–H and O–H groups in total. The smallest absolute Gasteiger partial charge is 0.308 e. The van der Waals surface area contributed by atoms with Crippen LogP contribution in [0.2, 0.25) is 0 Å². The number of nitrogens with zero attached hydrogens (tertiary/aromatic N) is 1. The molecule has 2 aliphatic carbocycles. The number of rotatable bonds is 4. The second-order valence-electron chi connectivity index (χ2n) is 7.05. The average molecular weight is 299 g/mol. The van der Waals surface area contributed by atoms with E-state index < -0.39 is 11.9 Å². The summed E-state index contributed by atoms with van der Waals surface area (Å²) in [6.07, 6.45) is 3.57. The van der Waals surface area contributed by atoms with E-state index in [4.69, 9.17) is 0 Å². The number of carbonyl (C=O) groups is 2. The van der Waals surface area contributed by atoms with Crippen molar-refractivity contribution in [2.24, 2.45) is 23.7 Å². The number of carboxylic acids is 1. The van der Waals surface area contributed by atoms with Crippen LogP contribution in [0.1, 0.15) is 30.7 Å². The van der Waals surface area contributed by atoms with Crippen LogP contribution < -0.4 is 0 Å². The van der Waals surface area contributed by atoms with Crippen molar-refractivity contribution in [2.45, 2.75) is 25.2 Å². The van der Waals surface area contributed by atoms with E-state index in [2.05, 4.69) is 0 Å². The molecule has 1 heterocycles. The lowest BCUT2D eigenvalue weighted by molar-refractivity contribution is -0.142. The fourth-order valence-corrected chi connectivity index (χ4v) is 4.05. The Morgan fingerprint density at radius 3 is 2.41 bits per heavy atom. The van der Waals surface area contributed by atoms with Crippen molar-refractivity contribution in [2.75, 3.05) is 13.1 Å². The summed E-state index contributed by atoms with van der Waals surface area (Å²) < 4.78 is 0. The first-order chi connectivity index (χ1) is 10.6. The van der Waals surface area contributed by atoms with Crippen molar-refractivity contribution in [3.63, 3.8) is 0 Å². The highest BCUT2D eigenvalue weighted by molar-refractivity contribution is 5.83. The molecule has 0 spiro atoms. The number of hydrogen-bond donors (Lipinski definition) is 1. The molecular weight excluding hydrogens is 278 g/mol. The Bertz CT molecular complexity index is 596. The van der Waals surface area contributed by atoms with Gasteiger partial charge in [-0.25, -0.2) is 0 Å². The van der Waals surface area contributed by atoms with Gasteiger partial charge in [0.1, 0.15) is 0 Å². The molecular formula is C18H21NO3. The first kappa shape index (κ1) is 13.8. The molecule has 4 atom stereocenters. The number of carboxylic acid groups (broad SMARTS) is 1. The molecule has 116 valence electrons. The zero-order chi connectivity index (χ0) is 15.3. The summed E-state index contributed by atoms with van der Waals surface area (Å²) in [6.45, 7) is 0.912. The zero-order valence-electron chi connectivity index (χ0n) is 12.5. The van der Waals surface area contributed by atoms with Crippen LogP contribution >= 0.6 is 0 Å². The minimum absolute atomic E-state index is 0.0826. The van der Waals surface area contributed by atoms with Gasteiger partial charge in [0.15, 0.2) is 0 Å². The maximum atomic E-state index is 12.6.